The molecular formula is C15H14BrNO. The maximum absolute atomic E-state index is 6.22. The molecule has 2 aromatic rings. The SMILES string of the molecule is NC1CC(c2cccc(Br)c2)Oc2ccccc21. The van der Waals surface area contributed by atoms with Gasteiger partial charge in [-0.05, 0) is 23.8 Å². The molecule has 2 nitrogen and oxygen atoms in total. The van der Waals surface area contributed by atoms with Gasteiger partial charge in [0.15, 0.2) is 0 Å². The highest BCUT2D eigenvalue weighted by Gasteiger charge is 2.26. The molecule has 2 N–H and O–H groups in total. The van der Waals surface area contributed by atoms with Crippen LogP contribution in [0.3, 0.4) is 0 Å². The van der Waals surface area contributed by atoms with Gasteiger partial charge in [-0.2, -0.15) is 0 Å². The topological polar surface area (TPSA) is 35.2 Å². The number of rotatable bonds is 1. The van der Waals surface area contributed by atoms with Crippen LogP contribution in [-0.4, -0.2) is 0 Å². The van der Waals surface area contributed by atoms with Gasteiger partial charge in [0, 0.05) is 22.5 Å². The van der Waals surface area contributed by atoms with Gasteiger partial charge in [-0.15, -0.1) is 0 Å². The van der Waals surface area contributed by atoms with Gasteiger partial charge < -0.3 is 10.5 Å². The van der Waals surface area contributed by atoms with Gasteiger partial charge in [-0.3, -0.25) is 0 Å². The quantitative estimate of drug-likeness (QED) is 0.865. The van der Waals surface area contributed by atoms with E-state index in [1.807, 2.05) is 36.4 Å². The standard InChI is InChI=1S/C15H14BrNO/c16-11-5-3-4-10(8-11)15-9-13(17)12-6-1-2-7-14(12)18-15/h1-8,13,15H,9,17H2. The molecule has 0 aliphatic carbocycles. The fourth-order valence-corrected chi connectivity index (χ4v) is 2.78. The summed E-state index contributed by atoms with van der Waals surface area (Å²) >= 11 is 3.49. The van der Waals surface area contributed by atoms with Crippen molar-refractivity contribution in [1.29, 1.82) is 0 Å². The maximum Gasteiger partial charge on any atom is 0.126 e. The molecule has 92 valence electrons. The lowest BCUT2D eigenvalue weighted by Crippen LogP contribution is -2.24. The maximum atomic E-state index is 6.22. The number of para-hydroxylation sites is 1. The normalized spacial score (nSPS) is 22.1. The van der Waals surface area contributed by atoms with E-state index in [1.165, 1.54) is 0 Å². The van der Waals surface area contributed by atoms with Crippen LogP contribution in [0.15, 0.2) is 53.0 Å². The molecule has 18 heavy (non-hydrogen) atoms. The van der Waals surface area contributed by atoms with E-state index < -0.39 is 0 Å². The Morgan fingerprint density at radius 1 is 1.11 bits per heavy atom. The average molecular weight is 304 g/mol. The Balaban J connectivity index is 1.94. The second-order valence-corrected chi connectivity index (χ2v) is 5.46. The Bertz CT molecular complexity index is 570. The monoisotopic (exact) mass is 303 g/mol. The Morgan fingerprint density at radius 2 is 1.94 bits per heavy atom. The van der Waals surface area contributed by atoms with Crippen molar-refractivity contribution in [1.82, 2.24) is 0 Å². The van der Waals surface area contributed by atoms with Crippen LogP contribution < -0.4 is 10.5 Å². The first-order chi connectivity index (χ1) is 8.74. The Morgan fingerprint density at radius 3 is 2.78 bits per heavy atom. The van der Waals surface area contributed by atoms with Crippen LogP contribution >= 0.6 is 15.9 Å². The van der Waals surface area contributed by atoms with E-state index in [-0.39, 0.29) is 12.1 Å². The molecule has 1 aliphatic rings. The fraction of sp³-hybridized carbons (Fsp3) is 0.200. The number of halogens is 1. The Labute approximate surface area is 115 Å². The van der Waals surface area contributed by atoms with Crippen molar-refractivity contribution in [2.24, 2.45) is 5.73 Å². The Hall–Kier alpha value is -1.32. The van der Waals surface area contributed by atoms with Crippen LogP contribution in [0.1, 0.15) is 29.7 Å². The van der Waals surface area contributed by atoms with Gasteiger partial charge >= 0.3 is 0 Å². The van der Waals surface area contributed by atoms with E-state index >= 15 is 0 Å². The largest absolute Gasteiger partial charge is 0.485 e. The van der Waals surface area contributed by atoms with Crippen LogP contribution in [0.5, 0.6) is 5.75 Å². The molecule has 0 spiro atoms. The molecule has 1 aliphatic heterocycles. The van der Waals surface area contributed by atoms with Crippen LogP contribution in [0.4, 0.5) is 0 Å². The van der Waals surface area contributed by atoms with Crippen LogP contribution in [0.25, 0.3) is 0 Å². The lowest BCUT2D eigenvalue weighted by Gasteiger charge is -2.30. The van der Waals surface area contributed by atoms with Crippen molar-refractivity contribution in [2.75, 3.05) is 0 Å². The van der Waals surface area contributed by atoms with E-state index in [4.69, 9.17) is 10.5 Å². The lowest BCUT2D eigenvalue weighted by atomic mass is 9.94. The summed E-state index contributed by atoms with van der Waals surface area (Å²) in [4.78, 5) is 0. The van der Waals surface area contributed by atoms with Gasteiger partial charge in [-0.25, -0.2) is 0 Å². The first-order valence-electron chi connectivity index (χ1n) is 6.00. The van der Waals surface area contributed by atoms with Gasteiger partial charge in [0.25, 0.3) is 0 Å². The minimum atomic E-state index is 0.0346. The molecule has 0 radical (unpaired) electrons. The van der Waals surface area contributed by atoms with Crippen molar-refractivity contribution in [3.8, 4) is 5.75 Å². The summed E-state index contributed by atoms with van der Waals surface area (Å²) in [5, 5.41) is 0. The van der Waals surface area contributed by atoms with Gasteiger partial charge in [0.2, 0.25) is 0 Å². The highest BCUT2D eigenvalue weighted by Crippen LogP contribution is 2.39. The highest BCUT2D eigenvalue weighted by atomic mass is 79.9. The zero-order valence-electron chi connectivity index (χ0n) is 9.84. The third-order valence-corrected chi connectivity index (χ3v) is 3.77. The summed E-state index contributed by atoms with van der Waals surface area (Å²) in [5.74, 6) is 0.904. The van der Waals surface area contributed by atoms with E-state index in [0.29, 0.717) is 0 Å². The van der Waals surface area contributed by atoms with Crippen molar-refractivity contribution < 1.29 is 4.74 Å². The molecule has 0 saturated carbocycles. The lowest BCUT2D eigenvalue weighted by molar-refractivity contribution is 0.161. The van der Waals surface area contributed by atoms with Gasteiger partial charge in [0.1, 0.15) is 11.9 Å². The first kappa shape index (κ1) is 11.8. The van der Waals surface area contributed by atoms with E-state index in [2.05, 4.69) is 28.1 Å². The fourth-order valence-electron chi connectivity index (χ4n) is 2.36. The molecule has 2 unspecified atom stereocenters. The second-order valence-electron chi connectivity index (χ2n) is 4.54. The van der Waals surface area contributed by atoms with Crippen molar-refractivity contribution in [3.63, 3.8) is 0 Å². The summed E-state index contributed by atoms with van der Waals surface area (Å²) < 4.78 is 7.11. The average Bonchev–Trinajstić information content (AvgIpc) is 2.39. The first-order valence-corrected chi connectivity index (χ1v) is 6.80. The molecule has 0 amide bonds. The molecule has 2 atom stereocenters. The van der Waals surface area contributed by atoms with Crippen LogP contribution in [0, 0.1) is 0 Å². The zero-order valence-corrected chi connectivity index (χ0v) is 11.4. The van der Waals surface area contributed by atoms with E-state index in [1.54, 1.807) is 0 Å². The molecular weight excluding hydrogens is 290 g/mol. The Kier molecular flexibility index (Phi) is 3.10. The number of benzene rings is 2. The molecule has 3 heteroatoms. The third-order valence-electron chi connectivity index (χ3n) is 3.28. The van der Waals surface area contributed by atoms with Crippen LogP contribution in [-0.2, 0) is 0 Å². The molecule has 0 aromatic heterocycles. The molecule has 0 bridgehead atoms. The minimum absolute atomic E-state index is 0.0346. The number of hydrogen-bond acceptors (Lipinski definition) is 2. The zero-order chi connectivity index (χ0) is 12.5. The number of hydrogen-bond donors (Lipinski definition) is 1. The summed E-state index contributed by atoms with van der Waals surface area (Å²) in [7, 11) is 0. The van der Waals surface area contributed by atoms with Crippen LogP contribution in [0.2, 0.25) is 0 Å². The summed E-state index contributed by atoms with van der Waals surface area (Å²) in [6, 6.07) is 16.3. The van der Waals surface area contributed by atoms with E-state index in [0.717, 1.165) is 27.8 Å². The summed E-state index contributed by atoms with van der Waals surface area (Å²) in [5.41, 5.74) is 8.48. The molecule has 1 heterocycles. The molecule has 0 saturated heterocycles. The van der Waals surface area contributed by atoms with Gasteiger partial charge in [0.05, 0.1) is 0 Å². The third kappa shape index (κ3) is 2.16. The smallest absolute Gasteiger partial charge is 0.126 e. The summed E-state index contributed by atoms with van der Waals surface area (Å²) in [6.07, 6.45) is 0.848. The van der Waals surface area contributed by atoms with Crippen molar-refractivity contribution >= 4 is 15.9 Å². The van der Waals surface area contributed by atoms with Crippen molar-refractivity contribution in [2.45, 2.75) is 18.6 Å². The predicted molar refractivity (Wildman–Crippen MR) is 75.5 cm³/mol. The minimum Gasteiger partial charge on any atom is -0.485 e. The number of nitrogens with two attached hydrogens (primary N) is 1. The highest BCUT2D eigenvalue weighted by molar-refractivity contribution is 9.10. The van der Waals surface area contributed by atoms with Gasteiger partial charge in [-0.1, -0.05) is 46.3 Å². The number of fused-ring (bicyclic) bond motifs is 1. The molecule has 0 fully saturated rings. The number of ether oxygens (including phenoxy) is 1. The van der Waals surface area contributed by atoms with Crippen molar-refractivity contribution in [3.05, 3.63) is 64.1 Å². The predicted octanol–water partition coefficient (Wildman–Crippen LogP) is 3.97. The summed E-state index contributed by atoms with van der Waals surface area (Å²) in [6.45, 7) is 0. The van der Waals surface area contributed by atoms with E-state index in [9.17, 15) is 0 Å². The molecule has 2 aromatic carbocycles. The molecule has 3 rings (SSSR count). The second kappa shape index (κ2) is 4.75.